The molecule has 0 heterocycles. The van der Waals surface area contributed by atoms with Crippen LogP contribution in [0.15, 0.2) is 22.8 Å². The van der Waals surface area contributed by atoms with Crippen LogP contribution in [0.5, 0.6) is 0 Å². The first-order valence-electron chi connectivity index (χ1n) is 13.0. The molecule has 4 aliphatic rings. The summed E-state index contributed by atoms with van der Waals surface area (Å²) in [5.74, 6) is -0.0985. The zero-order chi connectivity index (χ0) is 25.4. The lowest BCUT2D eigenvalue weighted by molar-refractivity contribution is -0.143. The number of allylic oxidation sites excluding steroid dienone is 2. The van der Waals surface area contributed by atoms with E-state index >= 15 is 0 Å². The molecule has 7 unspecified atom stereocenters. The number of ketones is 2. The molecule has 0 spiro atoms. The minimum absolute atomic E-state index is 0.0119. The zero-order valence-corrected chi connectivity index (χ0v) is 22.0. The van der Waals surface area contributed by atoms with E-state index in [-0.39, 0.29) is 40.2 Å². The first-order valence-corrected chi connectivity index (χ1v) is 13.0. The molecular weight excluding hydrogens is 428 g/mol. The van der Waals surface area contributed by atoms with Gasteiger partial charge in [0.15, 0.2) is 5.78 Å². The van der Waals surface area contributed by atoms with Gasteiger partial charge in [0.05, 0.1) is 6.10 Å². The first kappa shape index (κ1) is 25.3. The average molecular weight is 471 g/mol. The summed E-state index contributed by atoms with van der Waals surface area (Å²) >= 11 is 0. The molecule has 2 saturated carbocycles. The molecule has 34 heavy (non-hydrogen) atoms. The molecule has 0 radical (unpaired) electrons. The van der Waals surface area contributed by atoms with E-state index in [1.807, 2.05) is 13.8 Å². The van der Waals surface area contributed by atoms with Gasteiger partial charge in [0, 0.05) is 34.8 Å². The van der Waals surface area contributed by atoms with E-state index in [0.29, 0.717) is 31.3 Å². The van der Waals surface area contributed by atoms with Gasteiger partial charge >= 0.3 is 5.97 Å². The van der Waals surface area contributed by atoms with Gasteiger partial charge in [-0.05, 0) is 67.6 Å². The molecule has 0 aromatic heterocycles. The number of carboxylic acid groups (broad SMARTS) is 1. The summed E-state index contributed by atoms with van der Waals surface area (Å²) in [4.78, 5) is 37.9. The Kier molecular flexibility index (Phi) is 5.87. The Balaban J connectivity index is 1.77. The second kappa shape index (κ2) is 7.88. The monoisotopic (exact) mass is 470 g/mol. The largest absolute Gasteiger partial charge is 0.478 e. The number of aliphatic hydroxyl groups is 1. The van der Waals surface area contributed by atoms with Crippen molar-refractivity contribution >= 4 is 17.5 Å². The van der Waals surface area contributed by atoms with Gasteiger partial charge in [-0.15, -0.1) is 0 Å². The van der Waals surface area contributed by atoms with Crippen LogP contribution < -0.4 is 0 Å². The van der Waals surface area contributed by atoms with E-state index in [4.69, 9.17) is 0 Å². The highest BCUT2D eigenvalue weighted by Gasteiger charge is 2.68. The van der Waals surface area contributed by atoms with Gasteiger partial charge in [0.2, 0.25) is 0 Å². The van der Waals surface area contributed by atoms with Gasteiger partial charge < -0.3 is 10.2 Å². The summed E-state index contributed by atoms with van der Waals surface area (Å²) in [5, 5.41) is 20.8. The van der Waals surface area contributed by atoms with Crippen molar-refractivity contribution in [1.82, 2.24) is 0 Å². The van der Waals surface area contributed by atoms with Crippen LogP contribution >= 0.6 is 0 Å². The van der Waals surface area contributed by atoms with Crippen LogP contribution in [0.2, 0.25) is 0 Å². The number of carboxylic acids is 1. The lowest BCUT2D eigenvalue weighted by atomic mass is 9.43. The number of hydrogen-bond donors (Lipinski definition) is 2. The number of Topliss-reactive ketones (excluding diaryl/α,β-unsaturated/α-hetero) is 2. The van der Waals surface area contributed by atoms with Crippen molar-refractivity contribution in [1.29, 1.82) is 0 Å². The van der Waals surface area contributed by atoms with Gasteiger partial charge in [-0.1, -0.05) is 53.2 Å². The van der Waals surface area contributed by atoms with Crippen molar-refractivity contribution < 1.29 is 24.6 Å². The maximum Gasteiger partial charge on any atom is 0.330 e. The molecule has 5 heteroatoms. The molecule has 188 valence electrons. The number of rotatable bonds is 4. The van der Waals surface area contributed by atoms with E-state index in [2.05, 4.69) is 27.7 Å². The van der Waals surface area contributed by atoms with Crippen LogP contribution in [0, 0.1) is 39.4 Å². The van der Waals surface area contributed by atoms with Crippen molar-refractivity contribution in [3.63, 3.8) is 0 Å². The zero-order valence-electron chi connectivity index (χ0n) is 22.0. The summed E-state index contributed by atoms with van der Waals surface area (Å²) < 4.78 is 0. The minimum Gasteiger partial charge on any atom is -0.478 e. The molecular formula is C29H42O5. The summed E-state index contributed by atoms with van der Waals surface area (Å²) in [6, 6.07) is 0. The predicted octanol–water partition coefficient (Wildman–Crippen LogP) is 5.51. The fraction of sp³-hybridized carbons (Fsp3) is 0.759. The highest BCUT2D eigenvalue weighted by molar-refractivity contribution is 6.01. The lowest BCUT2D eigenvalue weighted by Crippen LogP contribution is -2.57. The molecule has 0 aromatic carbocycles. The molecule has 7 atom stereocenters. The number of aliphatic carboxylic acids is 1. The van der Waals surface area contributed by atoms with E-state index in [0.717, 1.165) is 24.8 Å². The van der Waals surface area contributed by atoms with Crippen molar-refractivity contribution in [2.24, 2.45) is 39.4 Å². The number of carbonyl (C=O) groups is 3. The van der Waals surface area contributed by atoms with E-state index in [1.54, 1.807) is 13.0 Å². The van der Waals surface area contributed by atoms with Crippen LogP contribution in [-0.4, -0.2) is 33.9 Å². The lowest BCUT2D eigenvalue weighted by Gasteiger charge is -2.60. The number of hydrogen-bond acceptors (Lipinski definition) is 4. The number of aliphatic hydroxyl groups excluding tert-OH is 1. The Morgan fingerprint density at radius 1 is 1.12 bits per heavy atom. The first-order chi connectivity index (χ1) is 15.6. The molecule has 5 nitrogen and oxygen atoms in total. The second-order valence-corrected chi connectivity index (χ2v) is 13.0. The van der Waals surface area contributed by atoms with Crippen molar-refractivity contribution in [2.75, 3.05) is 0 Å². The van der Waals surface area contributed by atoms with Crippen molar-refractivity contribution in [3.05, 3.63) is 22.8 Å². The molecule has 0 aliphatic heterocycles. The molecule has 0 saturated heterocycles. The number of carbonyl (C=O) groups excluding carboxylic acids is 2. The van der Waals surface area contributed by atoms with E-state index in [9.17, 15) is 24.6 Å². The van der Waals surface area contributed by atoms with Gasteiger partial charge in [0.1, 0.15) is 5.78 Å². The molecule has 2 fully saturated rings. The summed E-state index contributed by atoms with van der Waals surface area (Å²) in [6.07, 6.45) is 5.92. The van der Waals surface area contributed by atoms with E-state index < -0.39 is 22.9 Å². The summed E-state index contributed by atoms with van der Waals surface area (Å²) in [7, 11) is 0. The van der Waals surface area contributed by atoms with Crippen LogP contribution in [-0.2, 0) is 14.4 Å². The van der Waals surface area contributed by atoms with Gasteiger partial charge in [-0.25, -0.2) is 4.79 Å². The maximum atomic E-state index is 13.9. The minimum atomic E-state index is -0.897. The Bertz CT molecular complexity index is 1000. The molecule has 4 aliphatic carbocycles. The normalized spacial score (nSPS) is 42.7. The fourth-order valence-electron chi connectivity index (χ4n) is 8.72. The van der Waals surface area contributed by atoms with Crippen LogP contribution in [0.3, 0.4) is 0 Å². The van der Waals surface area contributed by atoms with Crippen molar-refractivity contribution in [2.45, 2.75) is 99.5 Å². The maximum absolute atomic E-state index is 13.9. The van der Waals surface area contributed by atoms with Gasteiger partial charge in [-0.3, -0.25) is 9.59 Å². The highest BCUT2D eigenvalue weighted by atomic mass is 16.4. The fourth-order valence-corrected chi connectivity index (χ4v) is 8.72. The SMILES string of the molecule is CC(=CCC(C)C1CC(O)C2(C)C3=C(CCC12C)C1(C)CCC(=O)C(C)(C)C1CC3=O)C(=O)O. The van der Waals surface area contributed by atoms with E-state index in [1.165, 1.54) is 5.57 Å². The quantitative estimate of drug-likeness (QED) is 0.529. The Morgan fingerprint density at radius 2 is 1.76 bits per heavy atom. The predicted molar refractivity (Wildman–Crippen MR) is 131 cm³/mol. The van der Waals surface area contributed by atoms with Gasteiger partial charge in [0.25, 0.3) is 0 Å². The highest BCUT2D eigenvalue weighted by Crippen LogP contribution is 2.71. The van der Waals surface area contributed by atoms with Crippen LogP contribution in [0.25, 0.3) is 0 Å². The molecule has 0 bridgehead atoms. The third-order valence-electron chi connectivity index (χ3n) is 11.3. The Hall–Kier alpha value is -1.75. The third-order valence-corrected chi connectivity index (χ3v) is 11.3. The topological polar surface area (TPSA) is 91.7 Å². The smallest absolute Gasteiger partial charge is 0.330 e. The molecule has 0 amide bonds. The van der Waals surface area contributed by atoms with Crippen LogP contribution in [0.4, 0.5) is 0 Å². The summed E-state index contributed by atoms with van der Waals surface area (Å²) in [6.45, 7) is 14.4. The number of fused-ring (bicyclic) bond motifs is 4. The van der Waals surface area contributed by atoms with Crippen LogP contribution in [0.1, 0.15) is 93.4 Å². The molecule has 0 aromatic rings. The molecule has 4 rings (SSSR count). The second-order valence-electron chi connectivity index (χ2n) is 13.0. The Labute approximate surface area is 204 Å². The molecule has 2 N–H and O–H groups in total. The third kappa shape index (κ3) is 3.18. The Morgan fingerprint density at radius 3 is 2.38 bits per heavy atom. The van der Waals surface area contributed by atoms with Gasteiger partial charge in [-0.2, -0.15) is 0 Å². The summed E-state index contributed by atoms with van der Waals surface area (Å²) in [5.41, 5.74) is 0.866. The van der Waals surface area contributed by atoms with Crippen molar-refractivity contribution in [3.8, 4) is 0 Å². The average Bonchev–Trinajstić information content (AvgIpc) is 2.97. The standard InChI is InChI=1S/C29H42O5/c1-16(8-9-17(2)25(33)34)19-14-23(32)29(7)24-18(10-13-28(19,29)6)27(5)12-11-22(31)26(3,4)21(27)15-20(24)30/h9,16,19,21,23,32H,8,10-15H2,1-7H3,(H,33,34).